The van der Waals surface area contributed by atoms with Crippen LogP contribution < -0.4 is 4.68 Å². The summed E-state index contributed by atoms with van der Waals surface area (Å²) in [7, 11) is 1.47. The summed E-state index contributed by atoms with van der Waals surface area (Å²) in [5.74, 6) is 0.148. The lowest BCUT2D eigenvalue weighted by Crippen LogP contribution is -2.34. The lowest BCUT2D eigenvalue weighted by molar-refractivity contribution is -0.738. The number of aromatic hydroxyl groups is 1. The number of halogens is 2. The summed E-state index contributed by atoms with van der Waals surface area (Å²) in [6, 6.07) is 6.15. The van der Waals surface area contributed by atoms with Crippen molar-refractivity contribution in [1.82, 2.24) is 10.1 Å². The molecule has 0 saturated carbocycles. The minimum Gasteiger partial charge on any atom is -0.508 e. The highest BCUT2D eigenvalue weighted by atomic mass is 19.3. The van der Waals surface area contributed by atoms with Gasteiger partial charge < -0.3 is 5.11 Å². The number of alkyl halides is 2. The number of rotatable bonds is 2. The number of phenols is 1. The maximum atomic E-state index is 12.5. The van der Waals surface area contributed by atoms with Crippen molar-refractivity contribution < 1.29 is 18.6 Å². The third kappa shape index (κ3) is 1.86. The van der Waals surface area contributed by atoms with Crippen LogP contribution >= 0.6 is 0 Å². The van der Waals surface area contributed by atoms with Gasteiger partial charge in [0.25, 0.3) is 5.82 Å². The number of benzene rings is 1. The van der Waals surface area contributed by atoms with Gasteiger partial charge in [-0.25, -0.2) is 0 Å². The van der Waals surface area contributed by atoms with Crippen molar-refractivity contribution in [3.05, 3.63) is 30.1 Å². The molecule has 0 spiro atoms. The van der Waals surface area contributed by atoms with Gasteiger partial charge in [-0.15, -0.1) is 0 Å². The molecule has 0 amide bonds. The molecule has 1 aromatic heterocycles. The van der Waals surface area contributed by atoms with Crippen LogP contribution in [0.4, 0.5) is 8.78 Å². The van der Waals surface area contributed by atoms with Gasteiger partial charge in [-0.2, -0.15) is 18.6 Å². The Hall–Kier alpha value is -1.98. The van der Waals surface area contributed by atoms with E-state index in [1.165, 1.54) is 23.9 Å². The molecule has 6 heteroatoms. The predicted octanol–water partition coefficient (Wildman–Crippen LogP) is 1.54. The Morgan fingerprint density at radius 3 is 2.44 bits per heavy atom. The molecular weight excluding hydrogens is 216 g/mol. The average molecular weight is 226 g/mol. The molecule has 1 aromatic carbocycles. The highest BCUT2D eigenvalue weighted by molar-refractivity contribution is 5.55. The lowest BCUT2D eigenvalue weighted by Gasteiger charge is -1.91. The zero-order valence-corrected chi connectivity index (χ0v) is 8.48. The first kappa shape index (κ1) is 10.5. The molecule has 0 saturated heterocycles. The van der Waals surface area contributed by atoms with E-state index in [2.05, 4.69) is 10.1 Å². The summed E-state index contributed by atoms with van der Waals surface area (Å²) in [4.78, 5) is 3.78. The minimum absolute atomic E-state index is 0.119. The summed E-state index contributed by atoms with van der Waals surface area (Å²) < 4.78 is 26.1. The number of nitrogens with one attached hydrogen (secondary N) is 1. The van der Waals surface area contributed by atoms with Crippen LogP contribution in [-0.4, -0.2) is 15.2 Å². The Balaban J connectivity index is 2.41. The van der Waals surface area contributed by atoms with Crippen molar-refractivity contribution in [2.75, 3.05) is 0 Å². The van der Waals surface area contributed by atoms with E-state index in [1.54, 1.807) is 12.1 Å². The molecular formula is C10H10F2N3O+. The molecule has 16 heavy (non-hydrogen) atoms. The largest absolute Gasteiger partial charge is 0.508 e. The zero-order chi connectivity index (χ0) is 11.7. The van der Waals surface area contributed by atoms with Crippen LogP contribution in [0.3, 0.4) is 0 Å². The second-order valence-corrected chi connectivity index (χ2v) is 3.34. The maximum Gasteiger partial charge on any atom is 0.386 e. The van der Waals surface area contributed by atoms with Gasteiger partial charge in [-0.1, -0.05) is 0 Å². The second kappa shape index (κ2) is 3.88. The average Bonchev–Trinajstić information content (AvgIpc) is 2.61. The SMILES string of the molecule is C[n+]1[nH]c(-c2ccc(O)cc2)nc1C(F)F. The van der Waals surface area contributed by atoms with Crippen molar-refractivity contribution >= 4 is 0 Å². The molecule has 2 aromatic rings. The van der Waals surface area contributed by atoms with Gasteiger partial charge in [0, 0.05) is 5.56 Å². The van der Waals surface area contributed by atoms with E-state index in [-0.39, 0.29) is 11.6 Å². The molecule has 0 aliphatic carbocycles. The van der Waals surface area contributed by atoms with Crippen molar-refractivity contribution in [3.8, 4) is 17.1 Å². The number of hydrogen-bond donors (Lipinski definition) is 2. The van der Waals surface area contributed by atoms with Crippen LogP contribution in [0, 0.1) is 0 Å². The fourth-order valence-corrected chi connectivity index (χ4v) is 1.37. The third-order valence-corrected chi connectivity index (χ3v) is 2.18. The summed E-state index contributed by atoms with van der Waals surface area (Å²) >= 11 is 0. The summed E-state index contributed by atoms with van der Waals surface area (Å²) in [6.45, 7) is 0. The van der Waals surface area contributed by atoms with Crippen LogP contribution in [0.2, 0.25) is 0 Å². The molecule has 2 rings (SSSR count). The van der Waals surface area contributed by atoms with Crippen molar-refractivity contribution in [2.24, 2.45) is 7.05 Å². The molecule has 84 valence electrons. The van der Waals surface area contributed by atoms with Crippen molar-refractivity contribution in [2.45, 2.75) is 6.43 Å². The van der Waals surface area contributed by atoms with Gasteiger partial charge in [0.05, 0.1) is 0 Å². The highest BCUT2D eigenvalue weighted by Gasteiger charge is 2.26. The van der Waals surface area contributed by atoms with Crippen molar-refractivity contribution in [3.63, 3.8) is 0 Å². The molecule has 0 fully saturated rings. The Morgan fingerprint density at radius 2 is 1.94 bits per heavy atom. The van der Waals surface area contributed by atoms with Gasteiger partial charge in [0.2, 0.25) is 0 Å². The van der Waals surface area contributed by atoms with Gasteiger partial charge in [-0.3, -0.25) is 0 Å². The van der Waals surface area contributed by atoms with E-state index in [1.807, 2.05) is 0 Å². The lowest BCUT2D eigenvalue weighted by atomic mass is 10.2. The van der Waals surface area contributed by atoms with Gasteiger partial charge in [0.1, 0.15) is 12.8 Å². The predicted molar refractivity (Wildman–Crippen MR) is 51.8 cm³/mol. The topological polar surface area (TPSA) is 52.8 Å². The molecule has 0 aliphatic heterocycles. The van der Waals surface area contributed by atoms with E-state index >= 15 is 0 Å². The Bertz CT molecular complexity index is 493. The van der Waals surface area contributed by atoms with Crippen molar-refractivity contribution in [1.29, 1.82) is 0 Å². The number of aromatic nitrogens is 3. The molecule has 1 heterocycles. The first-order valence-corrected chi connectivity index (χ1v) is 4.61. The van der Waals surface area contributed by atoms with Crippen LogP contribution in [-0.2, 0) is 7.05 Å². The number of aromatic amines is 1. The first-order valence-electron chi connectivity index (χ1n) is 4.61. The molecule has 0 radical (unpaired) electrons. The summed E-state index contributed by atoms with van der Waals surface area (Å²) in [5, 5.41) is 11.8. The van der Waals surface area contributed by atoms with E-state index < -0.39 is 6.43 Å². The van der Waals surface area contributed by atoms with Gasteiger partial charge in [0.15, 0.2) is 0 Å². The molecule has 0 aliphatic rings. The van der Waals surface area contributed by atoms with Gasteiger partial charge >= 0.3 is 12.2 Å². The Morgan fingerprint density at radius 1 is 1.31 bits per heavy atom. The monoisotopic (exact) mass is 226 g/mol. The van der Waals surface area contributed by atoms with E-state index in [0.717, 1.165) is 0 Å². The number of phenolic OH excluding ortho intramolecular Hbond substituents is 1. The zero-order valence-electron chi connectivity index (χ0n) is 8.48. The molecule has 4 nitrogen and oxygen atoms in total. The second-order valence-electron chi connectivity index (χ2n) is 3.34. The molecule has 0 unspecified atom stereocenters. The van der Waals surface area contributed by atoms with Crippen LogP contribution in [0.15, 0.2) is 24.3 Å². The smallest absolute Gasteiger partial charge is 0.386 e. The third-order valence-electron chi connectivity index (χ3n) is 2.18. The van der Waals surface area contributed by atoms with Crippen LogP contribution in [0.5, 0.6) is 5.75 Å². The van der Waals surface area contributed by atoms with Crippen LogP contribution in [0.1, 0.15) is 12.2 Å². The summed E-state index contributed by atoms with van der Waals surface area (Å²) in [6.07, 6.45) is -2.62. The maximum absolute atomic E-state index is 12.5. The summed E-state index contributed by atoms with van der Waals surface area (Å²) in [5.41, 5.74) is 0.639. The number of H-pyrrole nitrogens is 1. The Labute approximate surface area is 90.2 Å². The first-order chi connectivity index (χ1) is 7.58. The number of nitrogens with zero attached hydrogens (tertiary/aromatic N) is 2. The Kier molecular flexibility index (Phi) is 2.55. The fourth-order valence-electron chi connectivity index (χ4n) is 1.37. The standard InChI is InChI=1S/C10H9F2N3O/c1-15-10(8(11)12)13-9(14-15)6-2-4-7(16)5-3-6/h2-5,8H,1H3,(H,14,16)/p+1. The van der Waals surface area contributed by atoms with E-state index in [0.29, 0.717) is 11.4 Å². The fraction of sp³-hybridized carbons (Fsp3) is 0.200. The molecule has 2 N–H and O–H groups in total. The van der Waals surface area contributed by atoms with E-state index in [4.69, 9.17) is 5.11 Å². The highest BCUT2D eigenvalue weighted by Crippen LogP contribution is 2.20. The number of hydrogen-bond acceptors (Lipinski definition) is 2. The minimum atomic E-state index is -2.62. The van der Waals surface area contributed by atoms with Gasteiger partial charge in [-0.05, 0) is 29.2 Å². The molecule has 0 bridgehead atoms. The molecule has 0 atom stereocenters. The normalized spacial score (nSPS) is 11.0. The van der Waals surface area contributed by atoms with E-state index in [9.17, 15) is 8.78 Å². The number of aryl methyl sites for hydroxylation is 1. The van der Waals surface area contributed by atoms with Crippen LogP contribution in [0.25, 0.3) is 11.4 Å². The quantitative estimate of drug-likeness (QED) is 0.763.